The van der Waals surface area contributed by atoms with E-state index in [4.69, 9.17) is 4.84 Å². The van der Waals surface area contributed by atoms with Gasteiger partial charge in [-0.3, -0.25) is 0 Å². The third-order valence-electron chi connectivity index (χ3n) is 7.66. The van der Waals surface area contributed by atoms with Crippen LogP contribution in [0.4, 0.5) is 0 Å². The van der Waals surface area contributed by atoms with Crippen LogP contribution < -0.4 is 5.32 Å². The molecule has 0 spiro atoms. The van der Waals surface area contributed by atoms with Crippen LogP contribution in [0.2, 0.25) is 0 Å². The van der Waals surface area contributed by atoms with Crippen molar-refractivity contribution in [2.24, 2.45) is 16.5 Å². The summed E-state index contributed by atoms with van der Waals surface area (Å²) in [5.74, 6) is 1.25. The Morgan fingerprint density at radius 2 is 2.07 bits per heavy atom. The molecule has 0 aromatic heterocycles. The molecule has 3 aliphatic rings. The molecule has 2 aliphatic carbocycles. The van der Waals surface area contributed by atoms with Gasteiger partial charge >= 0.3 is 0 Å². The lowest BCUT2D eigenvalue weighted by atomic mass is 9.50. The second-order valence-corrected chi connectivity index (χ2v) is 9.89. The average molecular weight is 369 g/mol. The number of fused-ring (bicyclic) bond motifs is 3. The van der Waals surface area contributed by atoms with Crippen molar-refractivity contribution in [2.75, 3.05) is 13.1 Å². The van der Waals surface area contributed by atoms with Crippen molar-refractivity contribution in [3.63, 3.8) is 0 Å². The molecule has 0 bridgehead atoms. The Kier molecular flexibility index (Phi) is 5.09. The summed E-state index contributed by atoms with van der Waals surface area (Å²) in [6, 6.07) is 7.30. The minimum absolute atomic E-state index is 0.132. The second-order valence-electron chi connectivity index (χ2n) is 9.89. The van der Waals surface area contributed by atoms with Crippen molar-refractivity contribution in [1.29, 1.82) is 0 Å². The summed E-state index contributed by atoms with van der Waals surface area (Å²) < 4.78 is 0. The molecule has 27 heavy (non-hydrogen) atoms. The summed E-state index contributed by atoms with van der Waals surface area (Å²) in [6.07, 6.45) is 9.74. The highest BCUT2D eigenvalue weighted by molar-refractivity contribution is 5.66. The van der Waals surface area contributed by atoms with Crippen LogP contribution in [-0.2, 0) is 16.7 Å². The zero-order valence-corrected chi connectivity index (χ0v) is 17.6. The molecule has 0 amide bonds. The highest BCUT2D eigenvalue weighted by atomic mass is 16.6. The lowest BCUT2D eigenvalue weighted by Crippen LogP contribution is -2.49. The monoisotopic (exact) mass is 368 g/mol. The summed E-state index contributed by atoms with van der Waals surface area (Å²) >= 11 is 0. The first-order chi connectivity index (χ1) is 12.9. The molecule has 1 aliphatic heterocycles. The van der Waals surface area contributed by atoms with E-state index in [1.165, 1.54) is 37.7 Å². The largest absolute Gasteiger partial charge is 0.391 e. The van der Waals surface area contributed by atoms with E-state index < -0.39 is 0 Å². The minimum Gasteiger partial charge on any atom is -0.391 e. The molecule has 4 atom stereocenters. The molecule has 2 fully saturated rings. The van der Waals surface area contributed by atoms with Crippen molar-refractivity contribution in [3.05, 3.63) is 34.9 Å². The number of hydrogen-bond acceptors (Lipinski definition) is 3. The third kappa shape index (κ3) is 3.44. The summed E-state index contributed by atoms with van der Waals surface area (Å²) in [6.45, 7) is 11.5. The molecule has 148 valence electrons. The van der Waals surface area contributed by atoms with E-state index in [1.807, 2.05) is 0 Å². The van der Waals surface area contributed by atoms with Crippen LogP contribution in [0.3, 0.4) is 0 Å². The minimum atomic E-state index is 0.132. The summed E-state index contributed by atoms with van der Waals surface area (Å²) in [7, 11) is 0. The van der Waals surface area contributed by atoms with Gasteiger partial charge in [-0.05, 0) is 66.2 Å². The molecular formula is C24H36N2O. The van der Waals surface area contributed by atoms with Crippen molar-refractivity contribution in [2.45, 2.75) is 83.7 Å². The smallest absolute Gasteiger partial charge is 0.141 e. The lowest BCUT2D eigenvalue weighted by molar-refractivity contribution is 0.0566. The normalized spacial score (nSPS) is 36.0. The first-order valence-electron chi connectivity index (χ1n) is 11.0. The highest BCUT2D eigenvalue weighted by Crippen LogP contribution is 2.56. The number of benzene rings is 1. The molecule has 1 unspecified atom stereocenters. The summed E-state index contributed by atoms with van der Waals surface area (Å²) in [5.41, 5.74) is 5.07. The predicted molar refractivity (Wildman–Crippen MR) is 113 cm³/mol. The van der Waals surface area contributed by atoms with Gasteiger partial charge in [0.2, 0.25) is 0 Å². The predicted octanol–water partition coefficient (Wildman–Crippen LogP) is 5.18. The van der Waals surface area contributed by atoms with E-state index in [2.05, 4.69) is 62.6 Å². The van der Waals surface area contributed by atoms with Crippen molar-refractivity contribution in [1.82, 2.24) is 5.32 Å². The SMILES string of the molecule is CC(C)c1ccc2c(c1)CCC1[C@@](C)(/C=N/O[C@@H]3CCNC3)CCC[C@]21C. The second kappa shape index (κ2) is 7.24. The fourth-order valence-electron chi connectivity index (χ4n) is 6.03. The van der Waals surface area contributed by atoms with Crippen molar-refractivity contribution in [3.8, 4) is 0 Å². The van der Waals surface area contributed by atoms with E-state index in [1.54, 1.807) is 11.1 Å². The molecule has 1 N–H and O–H groups in total. The van der Waals surface area contributed by atoms with Gasteiger partial charge in [0.05, 0.1) is 0 Å². The summed E-state index contributed by atoms with van der Waals surface area (Å²) in [4.78, 5) is 5.80. The van der Waals surface area contributed by atoms with Gasteiger partial charge in [-0.15, -0.1) is 0 Å². The zero-order valence-electron chi connectivity index (χ0n) is 17.6. The number of nitrogens with one attached hydrogen (secondary N) is 1. The van der Waals surface area contributed by atoms with Gasteiger partial charge in [0, 0.05) is 24.6 Å². The van der Waals surface area contributed by atoms with Crippen LogP contribution in [0.15, 0.2) is 23.4 Å². The molecule has 1 heterocycles. The Labute approximate surface area is 164 Å². The van der Waals surface area contributed by atoms with Crippen LogP contribution >= 0.6 is 0 Å². The van der Waals surface area contributed by atoms with E-state index >= 15 is 0 Å². The Bertz CT molecular complexity index is 706. The maximum Gasteiger partial charge on any atom is 0.141 e. The van der Waals surface area contributed by atoms with Gasteiger partial charge in [-0.2, -0.15) is 0 Å². The zero-order chi connectivity index (χ0) is 19.1. The average Bonchev–Trinajstić information content (AvgIpc) is 3.14. The lowest BCUT2D eigenvalue weighted by Gasteiger charge is -2.54. The van der Waals surface area contributed by atoms with E-state index in [9.17, 15) is 0 Å². The quantitative estimate of drug-likeness (QED) is 0.586. The number of aryl methyl sites for hydroxylation is 1. The van der Waals surface area contributed by atoms with Crippen LogP contribution in [-0.4, -0.2) is 25.4 Å². The fraction of sp³-hybridized carbons (Fsp3) is 0.708. The van der Waals surface area contributed by atoms with Gasteiger partial charge < -0.3 is 10.2 Å². The van der Waals surface area contributed by atoms with Crippen LogP contribution in [0.25, 0.3) is 0 Å². The molecule has 1 saturated heterocycles. The molecule has 3 heteroatoms. The van der Waals surface area contributed by atoms with E-state index in [-0.39, 0.29) is 16.9 Å². The fourth-order valence-corrected chi connectivity index (χ4v) is 6.03. The maximum atomic E-state index is 5.80. The Hall–Kier alpha value is -1.35. The molecule has 1 aromatic carbocycles. The Morgan fingerprint density at radius 3 is 2.81 bits per heavy atom. The van der Waals surface area contributed by atoms with Crippen LogP contribution in [0.5, 0.6) is 0 Å². The van der Waals surface area contributed by atoms with Gasteiger partial charge in [0.25, 0.3) is 0 Å². The topological polar surface area (TPSA) is 33.6 Å². The number of nitrogens with zero attached hydrogens (tertiary/aromatic N) is 1. The van der Waals surface area contributed by atoms with Gasteiger partial charge in [-0.25, -0.2) is 0 Å². The van der Waals surface area contributed by atoms with Crippen LogP contribution in [0, 0.1) is 11.3 Å². The van der Waals surface area contributed by atoms with Gasteiger partial charge in [0.1, 0.15) is 6.10 Å². The molecule has 0 radical (unpaired) electrons. The number of rotatable bonds is 4. The van der Waals surface area contributed by atoms with Crippen LogP contribution in [0.1, 0.15) is 82.4 Å². The summed E-state index contributed by atoms with van der Waals surface area (Å²) in [5, 5.41) is 7.85. The van der Waals surface area contributed by atoms with Crippen molar-refractivity contribution < 1.29 is 4.84 Å². The van der Waals surface area contributed by atoms with E-state index in [0.29, 0.717) is 11.8 Å². The Morgan fingerprint density at radius 1 is 1.22 bits per heavy atom. The first kappa shape index (κ1) is 19.0. The van der Waals surface area contributed by atoms with E-state index in [0.717, 1.165) is 19.5 Å². The highest BCUT2D eigenvalue weighted by Gasteiger charge is 2.51. The third-order valence-corrected chi connectivity index (χ3v) is 7.66. The van der Waals surface area contributed by atoms with Gasteiger partial charge in [-0.1, -0.05) is 57.5 Å². The number of oxime groups is 1. The molecule has 1 saturated carbocycles. The first-order valence-corrected chi connectivity index (χ1v) is 11.0. The molecule has 3 nitrogen and oxygen atoms in total. The molecule has 1 aromatic rings. The van der Waals surface area contributed by atoms with Crippen molar-refractivity contribution >= 4 is 6.21 Å². The number of hydrogen-bond donors (Lipinski definition) is 1. The molecular weight excluding hydrogens is 332 g/mol. The maximum absolute atomic E-state index is 5.80. The molecule has 4 rings (SSSR count). The standard InChI is InChI=1S/C24H36N2O/c1-17(2)18-6-8-21-19(14-18)7-9-22-23(3,11-5-12-24(21,22)4)16-26-27-20-10-13-25-15-20/h6,8,14,16-17,20,22,25H,5,7,9-13,15H2,1-4H3/b26-16+/t20-,22?,23-,24-/m1/s1. The van der Waals surface area contributed by atoms with Gasteiger partial charge in [0.15, 0.2) is 0 Å². The Balaban J connectivity index is 1.59.